The molecule has 1 aromatic carbocycles. The number of rotatable bonds is 5. The SMILES string of the molecule is C=CCn1c(SCc2nc3ccccc3c(=O)[nH]2)nc2sc3c(c2c1=O)CCC3. The lowest BCUT2D eigenvalue weighted by molar-refractivity contribution is 0.672. The first-order valence-corrected chi connectivity index (χ1v) is 11.2. The first kappa shape index (κ1) is 18.3. The number of nitrogens with zero attached hydrogens (tertiary/aromatic N) is 3. The van der Waals surface area contributed by atoms with E-state index in [-0.39, 0.29) is 11.1 Å². The van der Waals surface area contributed by atoms with E-state index in [4.69, 9.17) is 4.98 Å². The Hall–Kier alpha value is -2.71. The van der Waals surface area contributed by atoms with Crippen molar-refractivity contribution in [2.24, 2.45) is 0 Å². The molecule has 29 heavy (non-hydrogen) atoms. The highest BCUT2D eigenvalue weighted by Gasteiger charge is 2.23. The van der Waals surface area contributed by atoms with Crippen molar-refractivity contribution in [3.63, 3.8) is 0 Å². The molecule has 0 saturated heterocycles. The summed E-state index contributed by atoms with van der Waals surface area (Å²) < 4.78 is 1.67. The molecule has 0 radical (unpaired) electrons. The van der Waals surface area contributed by atoms with E-state index in [0.717, 1.165) is 29.5 Å². The van der Waals surface area contributed by atoms with E-state index >= 15 is 0 Å². The van der Waals surface area contributed by atoms with Crippen molar-refractivity contribution in [3.05, 3.63) is 73.9 Å². The Morgan fingerprint density at radius 2 is 2.10 bits per heavy atom. The maximum Gasteiger partial charge on any atom is 0.263 e. The number of hydrogen-bond donors (Lipinski definition) is 1. The Kier molecular flexibility index (Phi) is 4.60. The van der Waals surface area contributed by atoms with E-state index in [0.29, 0.717) is 34.2 Å². The molecule has 0 aliphatic heterocycles. The number of aromatic nitrogens is 4. The van der Waals surface area contributed by atoms with Crippen molar-refractivity contribution in [2.45, 2.75) is 36.7 Å². The molecule has 1 N–H and O–H groups in total. The molecule has 0 saturated carbocycles. The van der Waals surface area contributed by atoms with E-state index in [9.17, 15) is 9.59 Å². The fourth-order valence-corrected chi connectivity index (χ4v) is 5.98. The number of thioether (sulfide) groups is 1. The lowest BCUT2D eigenvalue weighted by Crippen LogP contribution is -2.23. The van der Waals surface area contributed by atoms with Gasteiger partial charge in [-0.25, -0.2) is 9.97 Å². The fraction of sp³-hybridized carbons (Fsp3) is 0.238. The second-order valence-corrected chi connectivity index (χ2v) is 8.98. The van der Waals surface area contributed by atoms with Crippen molar-refractivity contribution in [3.8, 4) is 0 Å². The average molecular weight is 423 g/mol. The van der Waals surface area contributed by atoms with Crippen molar-refractivity contribution < 1.29 is 0 Å². The molecular formula is C21H18N4O2S2. The standard InChI is InChI=1S/C21H18N4O2S2/c1-2-10-25-20(27)17-13-7-5-9-15(13)29-19(17)24-21(25)28-11-16-22-14-8-4-3-6-12(14)18(26)23-16/h2-4,6,8H,1,5,7,9-11H2,(H,22,23,26). The maximum absolute atomic E-state index is 13.2. The number of H-pyrrole nitrogens is 1. The zero-order valence-corrected chi connectivity index (χ0v) is 17.2. The number of aryl methyl sites for hydroxylation is 2. The molecule has 0 atom stereocenters. The normalized spacial score (nSPS) is 13.2. The second-order valence-electron chi connectivity index (χ2n) is 6.95. The minimum Gasteiger partial charge on any atom is -0.309 e. The van der Waals surface area contributed by atoms with Gasteiger partial charge in [-0.2, -0.15) is 0 Å². The van der Waals surface area contributed by atoms with Crippen LogP contribution in [0.2, 0.25) is 0 Å². The van der Waals surface area contributed by atoms with Gasteiger partial charge in [0.25, 0.3) is 11.1 Å². The summed E-state index contributed by atoms with van der Waals surface area (Å²) in [6.45, 7) is 4.19. The number of para-hydroxylation sites is 1. The zero-order valence-electron chi connectivity index (χ0n) is 15.6. The summed E-state index contributed by atoms with van der Waals surface area (Å²) in [4.78, 5) is 39.8. The van der Waals surface area contributed by atoms with Gasteiger partial charge >= 0.3 is 0 Å². The number of aromatic amines is 1. The molecule has 1 aliphatic carbocycles. The summed E-state index contributed by atoms with van der Waals surface area (Å²) in [5, 5.41) is 1.96. The van der Waals surface area contributed by atoms with Gasteiger partial charge in [0.15, 0.2) is 5.16 Å². The van der Waals surface area contributed by atoms with Gasteiger partial charge in [-0.05, 0) is 37.0 Å². The molecular weight excluding hydrogens is 404 g/mol. The molecule has 0 spiro atoms. The van der Waals surface area contributed by atoms with E-state index in [1.165, 1.54) is 22.2 Å². The predicted octanol–water partition coefficient (Wildman–Crippen LogP) is 3.66. The summed E-state index contributed by atoms with van der Waals surface area (Å²) in [5.74, 6) is 0.979. The maximum atomic E-state index is 13.2. The van der Waals surface area contributed by atoms with Crippen molar-refractivity contribution >= 4 is 44.2 Å². The Balaban J connectivity index is 1.55. The Labute approximate surface area is 174 Å². The van der Waals surface area contributed by atoms with Crippen LogP contribution >= 0.6 is 23.1 Å². The highest BCUT2D eigenvalue weighted by molar-refractivity contribution is 7.98. The van der Waals surface area contributed by atoms with Crippen molar-refractivity contribution in [2.75, 3.05) is 0 Å². The first-order chi connectivity index (χ1) is 14.2. The molecule has 4 aromatic rings. The zero-order chi connectivity index (χ0) is 20.0. The van der Waals surface area contributed by atoms with Crippen LogP contribution in [0.4, 0.5) is 0 Å². The van der Waals surface area contributed by atoms with Crippen LogP contribution in [0.15, 0.2) is 51.7 Å². The highest BCUT2D eigenvalue weighted by atomic mass is 32.2. The smallest absolute Gasteiger partial charge is 0.263 e. The number of hydrogen-bond acceptors (Lipinski definition) is 6. The van der Waals surface area contributed by atoms with Gasteiger partial charge in [-0.3, -0.25) is 14.2 Å². The van der Waals surface area contributed by atoms with Crippen LogP contribution in [-0.4, -0.2) is 19.5 Å². The van der Waals surface area contributed by atoms with Crippen LogP contribution in [0, 0.1) is 0 Å². The number of allylic oxidation sites excluding steroid dienone is 1. The molecule has 0 bridgehead atoms. The molecule has 8 heteroatoms. The lowest BCUT2D eigenvalue weighted by atomic mass is 10.2. The fourth-order valence-electron chi connectivity index (χ4n) is 3.79. The second kappa shape index (κ2) is 7.27. The van der Waals surface area contributed by atoms with Crippen LogP contribution in [-0.2, 0) is 25.1 Å². The van der Waals surface area contributed by atoms with Gasteiger partial charge < -0.3 is 4.98 Å². The predicted molar refractivity (Wildman–Crippen MR) is 118 cm³/mol. The average Bonchev–Trinajstić information content (AvgIpc) is 3.30. The third-order valence-corrected chi connectivity index (χ3v) is 7.27. The van der Waals surface area contributed by atoms with Gasteiger partial charge in [0.2, 0.25) is 0 Å². The summed E-state index contributed by atoms with van der Waals surface area (Å²) in [6, 6.07) is 7.26. The van der Waals surface area contributed by atoms with Gasteiger partial charge in [0.05, 0.1) is 22.0 Å². The summed E-state index contributed by atoms with van der Waals surface area (Å²) in [5.41, 5.74) is 1.68. The van der Waals surface area contributed by atoms with Crippen LogP contribution < -0.4 is 11.1 Å². The lowest BCUT2D eigenvalue weighted by Gasteiger charge is -2.10. The van der Waals surface area contributed by atoms with E-state index in [2.05, 4.69) is 16.5 Å². The van der Waals surface area contributed by atoms with Crippen LogP contribution in [0.5, 0.6) is 0 Å². The van der Waals surface area contributed by atoms with Crippen LogP contribution in [0.1, 0.15) is 22.7 Å². The largest absolute Gasteiger partial charge is 0.309 e. The van der Waals surface area contributed by atoms with Gasteiger partial charge in [-0.1, -0.05) is 30.0 Å². The molecule has 1 aliphatic rings. The molecule has 0 amide bonds. The number of nitrogens with one attached hydrogen (secondary N) is 1. The Bertz CT molecular complexity index is 1380. The number of fused-ring (bicyclic) bond motifs is 4. The summed E-state index contributed by atoms with van der Waals surface area (Å²) in [7, 11) is 0. The van der Waals surface area contributed by atoms with E-state index in [1.54, 1.807) is 28.0 Å². The quantitative estimate of drug-likeness (QED) is 0.302. The minimum absolute atomic E-state index is 0.00300. The molecule has 3 aromatic heterocycles. The minimum atomic E-state index is -0.159. The van der Waals surface area contributed by atoms with E-state index < -0.39 is 0 Å². The number of thiophene rings is 1. The Morgan fingerprint density at radius 3 is 2.97 bits per heavy atom. The first-order valence-electron chi connectivity index (χ1n) is 9.42. The topological polar surface area (TPSA) is 80.6 Å². The van der Waals surface area contributed by atoms with Crippen molar-refractivity contribution in [1.29, 1.82) is 0 Å². The van der Waals surface area contributed by atoms with E-state index in [1.807, 2.05) is 18.2 Å². The third-order valence-electron chi connectivity index (χ3n) is 5.10. The van der Waals surface area contributed by atoms with Gasteiger partial charge in [0, 0.05) is 11.4 Å². The third kappa shape index (κ3) is 3.12. The monoisotopic (exact) mass is 422 g/mol. The summed E-state index contributed by atoms with van der Waals surface area (Å²) in [6.07, 6.45) is 4.80. The van der Waals surface area contributed by atoms with Crippen LogP contribution in [0.25, 0.3) is 21.1 Å². The molecule has 0 fully saturated rings. The number of benzene rings is 1. The molecule has 0 unspecified atom stereocenters. The molecule has 6 nitrogen and oxygen atoms in total. The van der Waals surface area contributed by atoms with Crippen molar-refractivity contribution in [1.82, 2.24) is 19.5 Å². The Morgan fingerprint density at radius 1 is 1.24 bits per heavy atom. The van der Waals surface area contributed by atoms with Gasteiger partial charge in [0.1, 0.15) is 10.7 Å². The van der Waals surface area contributed by atoms with Crippen LogP contribution in [0.3, 0.4) is 0 Å². The highest BCUT2D eigenvalue weighted by Crippen LogP contribution is 2.35. The molecule has 3 heterocycles. The molecule has 146 valence electrons. The summed E-state index contributed by atoms with van der Waals surface area (Å²) >= 11 is 3.04. The molecule has 5 rings (SSSR count). The van der Waals surface area contributed by atoms with Gasteiger partial charge in [-0.15, -0.1) is 17.9 Å².